The molecule has 1 aliphatic heterocycles. The van der Waals surface area contributed by atoms with Crippen LogP contribution in [0, 0.1) is 0 Å². The van der Waals surface area contributed by atoms with Crippen LogP contribution in [0.15, 0.2) is 30.7 Å². The molecule has 29 heavy (non-hydrogen) atoms. The van der Waals surface area contributed by atoms with Crippen LogP contribution in [0.2, 0.25) is 0 Å². The highest BCUT2D eigenvalue weighted by Crippen LogP contribution is 2.38. The summed E-state index contributed by atoms with van der Waals surface area (Å²) in [6.07, 6.45) is 2.56. The van der Waals surface area contributed by atoms with Crippen molar-refractivity contribution in [3.05, 3.63) is 42.0 Å². The molecular weight excluding hydrogens is 376 g/mol. The number of hydrogen-bond acceptors (Lipinski definition) is 5. The normalized spacial score (nSPS) is 18.3. The molecule has 0 fully saturated rings. The number of carbonyl (C=O) groups is 3. The molecule has 9 heteroatoms. The zero-order chi connectivity index (χ0) is 21.3. The number of ether oxygens (including phenoxy) is 1. The van der Waals surface area contributed by atoms with Crippen LogP contribution < -0.4 is 10.2 Å². The number of amides is 2. The number of imidazole rings is 1. The molecule has 9 nitrogen and oxygen atoms in total. The van der Waals surface area contributed by atoms with Gasteiger partial charge in [0, 0.05) is 36.1 Å². The average Bonchev–Trinajstić information content (AvgIpc) is 3.10. The molecule has 2 heterocycles. The van der Waals surface area contributed by atoms with Crippen molar-refractivity contribution in [2.75, 3.05) is 4.90 Å². The van der Waals surface area contributed by atoms with E-state index in [1.54, 1.807) is 35.4 Å². The Kier molecular flexibility index (Phi) is 5.58. The fraction of sp³-hybridized carbons (Fsp3) is 0.400. The lowest BCUT2D eigenvalue weighted by atomic mass is 9.91. The molecule has 2 atom stereocenters. The Balaban J connectivity index is 2.02. The Morgan fingerprint density at radius 2 is 2.03 bits per heavy atom. The van der Waals surface area contributed by atoms with Gasteiger partial charge in [-0.05, 0) is 45.4 Å². The monoisotopic (exact) mass is 400 g/mol. The number of aromatic carboxylic acids is 1. The van der Waals surface area contributed by atoms with E-state index < -0.39 is 12.1 Å². The van der Waals surface area contributed by atoms with E-state index in [1.807, 2.05) is 13.0 Å². The van der Waals surface area contributed by atoms with Crippen LogP contribution in [-0.4, -0.2) is 44.8 Å². The lowest BCUT2D eigenvalue weighted by Crippen LogP contribution is -2.45. The lowest BCUT2D eigenvalue weighted by Gasteiger charge is -2.39. The highest BCUT2D eigenvalue weighted by Gasteiger charge is 2.33. The second-order valence-electron chi connectivity index (χ2n) is 7.34. The minimum Gasteiger partial charge on any atom is -0.476 e. The summed E-state index contributed by atoms with van der Waals surface area (Å²) in [5.41, 5.74) is 2.05. The summed E-state index contributed by atoms with van der Waals surface area (Å²) in [6.45, 7) is 6.97. The van der Waals surface area contributed by atoms with Gasteiger partial charge in [0.25, 0.3) is 0 Å². The molecule has 0 saturated carbocycles. The molecule has 2 unspecified atom stereocenters. The Morgan fingerprint density at radius 1 is 1.31 bits per heavy atom. The molecular formula is C20H24N4O5. The first-order chi connectivity index (χ1) is 13.7. The zero-order valence-electron chi connectivity index (χ0n) is 16.7. The predicted molar refractivity (Wildman–Crippen MR) is 105 cm³/mol. The first-order valence-electron chi connectivity index (χ1n) is 9.36. The average molecular weight is 400 g/mol. The fourth-order valence-electron chi connectivity index (χ4n) is 3.59. The lowest BCUT2D eigenvalue weighted by molar-refractivity contribution is -0.117. The minimum atomic E-state index is -1.12. The first kappa shape index (κ1) is 20.4. The molecule has 154 valence electrons. The minimum absolute atomic E-state index is 0.0723. The van der Waals surface area contributed by atoms with E-state index in [1.165, 1.54) is 19.4 Å². The van der Waals surface area contributed by atoms with Gasteiger partial charge >= 0.3 is 12.1 Å². The Hall–Kier alpha value is -3.36. The van der Waals surface area contributed by atoms with Crippen molar-refractivity contribution < 1.29 is 24.2 Å². The maximum atomic E-state index is 12.2. The molecule has 1 aromatic carbocycles. The maximum Gasteiger partial charge on any atom is 0.407 e. The summed E-state index contributed by atoms with van der Waals surface area (Å²) in [6, 6.07) is 4.94. The van der Waals surface area contributed by atoms with E-state index in [9.17, 15) is 14.4 Å². The van der Waals surface area contributed by atoms with Crippen LogP contribution in [0.4, 0.5) is 10.5 Å². The van der Waals surface area contributed by atoms with Crippen molar-refractivity contribution in [1.29, 1.82) is 0 Å². The number of anilines is 1. The molecule has 3 rings (SSSR count). The van der Waals surface area contributed by atoms with Gasteiger partial charge in [-0.3, -0.25) is 4.79 Å². The number of carboxylic acid groups (broad SMARTS) is 1. The smallest absolute Gasteiger partial charge is 0.407 e. The molecule has 0 spiro atoms. The van der Waals surface area contributed by atoms with E-state index >= 15 is 0 Å². The van der Waals surface area contributed by atoms with E-state index in [2.05, 4.69) is 10.3 Å². The van der Waals surface area contributed by atoms with Crippen LogP contribution >= 0.6 is 0 Å². The van der Waals surface area contributed by atoms with Gasteiger partial charge in [0.05, 0.1) is 12.1 Å². The van der Waals surface area contributed by atoms with Gasteiger partial charge in [-0.25, -0.2) is 14.6 Å². The van der Waals surface area contributed by atoms with Gasteiger partial charge in [0.2, 0.25) is 5.91 Å². The van der Waals surface area contributed by atoms with Crippen molar-refractivity contribution in [1.82, 2.24) is 14.9 Å². The number of carbonyl (C=O) groups excluding carboxylic acids is 2. The number of alkyl carbamates (subject to hydrolysis) is 1. The molecule has 0 radical (unpaired) electrons. The maximum absolute atomic E-state index is 12.2. The third kappa shape index (κ3) is 4.23. The summed E-state index contributed by atoms with van der Waals surface area (Å²) in [4.78, 5) is 41.1. The van der Waals surface area contributed by atoms with Crippen LogP contribution in [0.3, 0.4) is 0 Å². The summed E-state index contributed by atoms with van der Waals surface area (Å²) >= 11 is 0. The number of fused-ring (bicyclic) bond motifs is 1. The summed E-state index contributed by atoms with van der Waals surface area (Å²) in [5.74, 6) is -1.21. The largest absolute Gasteiger partial charge is 0.476 e. The highest BCUT2D eigenvalue weighted by molar-refractivity contribution is 5.94. The van der Waals surface area contributed by atoms with Crippen LogP contribution in [0.1, 0.15) is 56.2 Å². The van der Waals surface area contributed by atoms with E-state index in [0.29, 0.717) is 17.8 Å². The number of rotatable bonds is 4. The van der Waals surface area contributed by atoms with E-state index in [0.717, 1.165) is 5.56 Å². The Morgan fingerprint density at radius 3 is 2.62 bits per heavy atom. The van der Waals surface area contributed by atoms with Crippen molar-refractivity contribution in [2.24, 2.45) is 0 Å². The summed E-state index contributed by atoms with van der Waals surface area (Å²) in [5, 5.41) is 12.0. The molecule has 1 aliphatic rings. The van der Waals surface area contributed by atoms with Crippen LogP contribution in [-0.2, 0) is 9.53 Å². The molecule has 0 aliphatic carbocycles. The Labute approximate surface area is 168 Å². The number of benzene rings is 1. The standard InChI is InChI=1S/C20H24N4O5/c1-11(2)29-20(28)22-16-7-12(3)24(13(4)25)18-6-5-14(8-15(16)18)23-9-17(19(26)27)21-10-23/h5-6,8-12,16H,7H2,1-4H3,(H,22,28)(H,26,27). The predicted octanol–water partition coefficient (Wildman–Crippen LogP) is 2.89. The third-order valence-corrected chi connectivity index (χ3v) is 4.74. The van der Waals surface area contributed by atoms with Crippen molar-refractivity contribution in [2.45, 2.75) is 52.3 Å². The van der Waals surface area contributed by atoms with Crippen LogP contribution in [0.5, 0.6) is 0 Å². The van der Waals surface area contributed by atoms with Gasteiger partial charge in [0.15, 0.2) is 5.69 Å². The molecule has 0 bridgehead atoms. The first-order valence-corrected chi connectivity index (χ1v) is 9.36. The van der Waals surface area contributed by atoms with Gasteiger partial charge in [0.1, 0.15) is 6.33 Å². The highest BCUT2D eigenvalue weighted by atomic mass is 16.6. The van der Waals surface area contributed by atoms with Gasteiger partial charge in [-0.2, -0.15) is 0 Å². The second kappa shape index (κ2) is 7.94. The number of nitrogens with one attached hydrogen (secondary N) is 1. The number of aromatic nitrogens is 2. The molecule has 2 N–H and O–H groups in total. The SMILES string of the molecule is CC(=O)N1c2ccc(-n3cnc(C(=O)O)c3)cc2C(NC(=O)OC(C)C)CC1C. The third-order valence-electron chi connectivity index (χ3n) is 4.74. The van der Waals surface area contributed by atoms with Crippen LogP contribution in [0.25, 0.3) is 5.69 Å². The molecule has 2 aromatic rings. The summed E-state index contributed by atoms with van der Waals surface area (Å²) in [7, 11) is 0. The van der Waals surface area contributed by atoms with Crippen molar-refractivity contribution in [3.63, 3.8) is 0 Å². The van der Waals surface area contributed by atoms with E-state index in [-0.39, 0.29) is 29.8 Å². The number of nitrogens with zero attached hydrogens (tertiary/aromatic N) is 3. The molecule has 0 saturated heterocycles. The van der Waals surface area contributed by atoms with E-state index in [4.69, 9.17) is 9.84 Å². The summed E-state index contributed by atoms with van der Waals surface area (Å²) < 4.78 is 6.80. The Bertz CT molecular complexity index is 952. The van der Waals surface area contributed by atoms with Gasteiger partial charge in [-0.1, -0.05) is 0 Å². The van der Waals surface area contributed by atoms with Gasteiger partial charge < -0.3 is 24.6 Å². The zero-order valence-corrected chi connectivity index (χ0v) is 16.7. The second-order valence-corrected chi connectivity index (χ2v) is 7.34. The van der Waals surface area contributed by atoms with Crippen molar-refractivity contribution in [3.8, 4) is 5.69 Å². The molecule has 1 aromatic heterocycles. The number of hydrogen-bond donors (Lipinski definition) is 2. The quantitative estimate of drug-likeness (QED) is 0.816. The fourth-order valence-corrected chi connectivity index (χ4v) is 3.59. The number of carboxylic acids is 1. The topological polar surface area (TPSA) is 114 Å². The van der Waals surface area contributed by atoms with Crippen molar-refractivity contribution >= 4 is 23.7 Å². The molecule has 2 amide bonds. The van der Waals surface area contributed by atoms with Gasteiger partial charge in [-0.15, -0.1) is 0 Å².